The first-order valence-electron chi connectivity index (χ1n) is 8.26. The highest BCUT2D eigenvalue weighted by Gasteiger charge is 2.17. The number of piperazine rings is 1. The molecular formula is C18H20F2N4O. The molecule has 1 aliphatic heterocycles. The van der Waals surface area contributed by atoms with Crippen LogP contribution in [0.5, 0.6) is 0 Å². The van der Waals surface area contributed by atoms with E-state index >= 15 is 0 Å². The van der Waals surface area contributed by atoms with Crippen LogP contribution in [-0.4, -0.2) is 48.5 Å². The molecule has 132 valence electrons. The van der Waals surface area contributed by atoms with Gasteiger partial charge in [0.25, 0.3) is 5.91 Å². The zero-order valence-corrected chi connectivity index (χ0v) is 14.0. The van der Waals surface area contributed by atoms with Crippen molar-refractivity contribution in [2.45, 2.75) is 6.92 Å². The van der Waals surface area contributed by atoms with Crippen molar-refractivity contribution in [2.75, 3.05) is 42.9 Å². The van der Waals surface area contributed by atoms with Gasteiger partial charge in [0.2, 0.25) is 0 Å². The summed E-state index contributed by atoms with van der Waals surface area (Å²) in [6.45, 7) is 7.04. The lowest BCUT2D eigenvalue weighted by atomic mass is 10.2. The molecule has 1 saturated heterocycles. The van der Waals surface area contributed by atoms with Crippen molar-refractivity contribution in [3.05, 3.63) is 53.9 Å². The highest BCUT2D eigenvalue weighted by molar-refractivity contribution is 6.03. The zero-order chi connectivity index (χ0) is 17.8. The van der Waals surface area contributed by atoms with E-state index < -0.39 is 17.5 Å². The van der Waals surface area contributed by atoms with Gasteiger partial charge in [0.1, 0.15) is 17.3 Å². The SMILES string of the molecule is CCN1CCN(c2ccc(C(=O)Nc3ccc(F)cc3F)nc2)CC1. The van der Waals surface area contributed by atoms with Crippen molar-refractivity contribution in [1.29, 1.82) is 0 Å². The largest absolute Gasteiger partial charge is 0.368 e. The normalized spacial score (nSPS) is 15.2. The van der Waals surface area contributed by atoms with Crippen LogP contribution in [0.3, 0.4) is 0 Å². The zero-order valence-electron chi connectivity index (χ0n) is 14.0. The van der Waals surface area contributed by atoms with Crippen LogP contribution in [0, 0.1) is 11.6 Å². The molecule has 2 heterocycles. The molecule has 1 amide bonds. The van der Waals surface area contributed by atoms with Crippen molar-refractivity contribution in [1.82, 2.24) is 9.88 Å². The van der Waals surface area contributed by atoms with Crippen LogP contribution in [0.15, 0.2) is 36.5 Å². The van der Waals surface area contributed by atoms with Crippen LogP contribution < -0.4 is 10.2 Å². The lowest BCUT2D eigenvalue weighted by Gasteiger charge is -2.35. The molecule has 0 spiro atoms. The van der Waals surface area contributed by atoms with E-state index in [4.69, 9.17) is 0 Å². The fraction of sp³-hybridized carbons (Fsp3) is 0.333. The van der Waals surface area contributed by atoms with E-state index in [1.807, 2.05) is 6.07 Å². The van der Waals surface area contributed by atoms with E-state index in [1.54, 1.807) is 12.3 Å². The summed E-state index contributed by atoms with van der Waals surface area (Å²) in [4.78, 5) is 20.9. The highest BCUT2D eigenvalue weighted by atomic mass is 19.1. The summed E-state index contributed by atoms with van der Waals surface area (Å²) in [5, 5.41) is 2.40. The Morgan fingerprint density at radius 1 is 1.16 bits per heavy atom. The maximum absolute atomic E-state index is 13.6. The number of nitrogens with zero attached hydrogens (tertiary/aromatic N) is 3. The molecular weight excluding hydrogens is 326 g/mol. The smallest absolute Gasteiger partial charge is 0.274 e. The first-order chi connectivity index (χ1) is 12.1. The third-order valence-corrected chi connectivity index (χ3v) is 4.34. The second-order valence-electron chi connectivity index (χ2n) is 5.90. The Morgan fingerprint density at radius 3 is 2.52 bits per heavy atom. The molecule has 1 N–H and O–H groups in total. The van der Waals surface area contributed by atoms with Crippen LogP contribution in [0.4, 0.5) is 20.2 Å². The van der Waals surface area contributed by atoms with E-state index in [2.05, 4.69) is 27.0 Å². The molecule has 7 heteroatoms. The summed E-state index contributed by atoms with van der Waals surface area (Å²) in [7, 11) is 0. The van der Waals surface area contributed by atoms with E-state index in [-0.39, 0.29) is 11.4 Å². The molecule has 2 aromatic rings. The van der Waals surface area contributed by atoms with Gasteiger partial charge < -0.3 is 15.1 Å². The summed E-state index contributed by atoms with van der Waals surface area (Å²) in [5.41, 5.74) is 1.06. The van der Waals surface area contributed by atoms with E-state index in [9.17, 15) is 13.6 Å². The van der Waals surface area contributed by atoms with Gasteiger partial charge in [-0.2, -0.15) is 0 Å². The number of carbonyl (C=O) groups excluding carboxylic acids is 1. The maximum Gasteiger partial charge on any atom is 0.274 e. The number of anilines is 2. The van der Waals surface area contributed by atoms with Crippen LogP contribution in [-0.2, 0) is 0 Å². The monoisotopic (exact) mass is 346 g/mol. The number of hydrogen-bond donors (Lipinski definition) is 1. The standard InChI is InChI=1S/C18H20F2N4O/c1-2-23-7-9-24(10-8-23)14-4-6-17(21-12-14)18(25)22-16-5-3-13(19)11-15(16)20/h3-6,11-12H,2,7-10H2,1H3,(H,22,25). The van der Waals surface area contributed by atoms with Gasteiger partial charge in [0.15, 0.2) is 0 Å². The molecule has 5 nitrogen and oxygen atoms in total. The highest BCUT2D eigenvalue weighted by Crippen LogP contribution is 2.18. The number of hydrogen-bond acceptors (Lipinski definition) is 4. The van der Waals surface area contributed by atoms with Gasteiger partial charge in [-0.15, -0.1) is 0 Å². The van der Waals surface area contributed by atoms with E-state index in [0.717, 1.165) is 50.5 Å². The number of carbonyl (C=O) groups is 1. The predicted molar refractivity (Wildman–Crippen MR) is 92.9 cm³/mol. The van der Waals surface area contributed by atoms with Crippen molar-refractivity contribution < 1.29 is 13.6 Å². The molecule has 1 aromatic carbocycles. The molecule has 0 radical (unpaired) electrons. The van der Waals surface area contributed by atoms with Crippen LogP contribution >= 0.6 is 0 Å². The Labute approximate surface area is 145 Å². The summed E-state index contributed by atoms with van der Waals surface area (Å²) in [6, 6.07) is 6.44. The van der Waals surface area contributed by atoms with Gasteiger partial charge in [-0.05, 0) is 30.8 Å². The number of pyridine rings is 1. The Kier molecular flexibility index (Phi) is 5.23. The molecule has 0 aliphatic carbocycles. The number of benzene rings is 1. The lowest BCUT2D eigenvalue weighted by Crippen LogP contribution is -2.46. The molecule has 0 bridgehead atoms. The Hall–Kier alpha value is -2.54. The van der Waals surface area contributed by atoms with Gasteiger partial charge in [-0.1, -0.05) is 6.92 Å². The summed E-state index contributed by atoms with van der Waals surface area (Å²) in [6.07, 6.45) is 1.65. The van der Waals surface area contributed by atoms with Gasteiger partial charge in [0.05, 0.1) is 17.6 Å². The maximum atomic E-state index is 13.6. The molecule has 0 atom stereocenters. The lowest BCUT2D eigenvalue weighted by molar-refractivity contribution is 0.102. The second kappa shape index (κ2) is 7.57. The first kappa shape index (κ1) is 17.3. The second-order valence-corrected chi connectivity index (χ2v) is 5.90. The number of halogens is 2. The predicted octanol–water partition coefficient (Wildman–Crippen LogP) is 2.75. The minimum Gasteiger partial charge on any atom is -0.368 e. The topological polar surface area (TPSA) is 48.5 Å². The third kappa shape index (κ3) is 4.11. The molecule has 1 aromatic heterocycles. The Morgan fingerprint density at radius 2 is 1.92 bits per heavy atom. The number of nitrogens with one attached hydrogen (secondary N) is 1. The Balaban J connectivity index is 1.64. The molecule has 1 fully saturated rings. The number of likely N-dealkylation sites (N-methyl/N-ethyl adjacent to an activating group) is 1. The molecule has 0 unspecified atom stereocenters. The molecule has 0 saturated carbocycles. The van der Waals surface area contributed by atoms with Crippen LogP contribution in [0.1, 0.15) is 17.4 Å². The number of aromatic nitrogens is 1. The molecule has 25 heavy (non-hydrogen) atoms. The van der Waals surface area contributed by atoms with Gasteiger partial charge in [0, 0.05) is 32.2 Å². The van der Waals surface area contributed by atoms with Crippen LogP contribution in [0.25, 0.3) is 0 Å². The third-order valence-electron chi connectivity index (χ3n) is 4.34. The quantitative estimate of drug-likeness (QED) is 0.925. The van der Waals surface area contributed by atoms with Crippen LogP contribution in [0.2, 0.25) is 0 Å². The number of amides is 1. The summed E-state index contributed by atoms with van der Waals surface area (Å²) >= 11 is 0. The van der Waals surface area contributed by atoms with Crippen molar-refractivity contribution in [3.8, 4) is 0 Å². The average Bonchev–Trinajstić information content (AvgIpc) is 2.64. The first-order valence-corrected chi connectivity index (χ1v) is 8.26. The van der Waals surface area contributed by atoms with Gasteiger partial charge >= 0.3 is 0 Å². The molecule has 1 aliphatic rings. The van der Waals surface area contributed by atoms with Crippen molar-refractivity contribution in [2.24, 2.45) is 0 Å². The van der Waals surface area contributed by atoms with Gasteiger partial charge in [-0.25, -0.2) is 13.8 Å². The minimum atomic E-state index is -0.821. The number of rotatable bonds is 4. The minimum absolute atomic E-state index is 0.0760. The summed E-state index contributed by atoms with van der Waals surface area (Å²) in [5.74, 6) is -2.05. The van der Waals surface area contributed by atoms with E-state index in [0.29, 0.717) is 0 Å². The molecule has 3 rings (SSSR count). The van der Waals surface area contributed by atoms with Crippen molar-refractivity contribution >= 4 is 17.3 Å². The average molecular weight is 346 g/mol. The van der Waals surface area contributed by atoms with E-state index in [1.165, 1.54) is 6.07 Å². The van der Waals surface area contributed by atoms with Gasteiger partial charge in [-0.3, -0.25) is 4.79 Å². The fourth-order valence-electron chi connectivity index (χ4n) is 2.81. The summed E-state index contributed by atoms with van der Waals surface area (Å²) < 4.78 is 26.5. The Bertz CT molecular complexity index is 743. The fourth-order valence-corrected chi connectivity index (χ4v) is 2.81. The van der Waals surface area contributed by atoms with Crippen molar-refractivity contribution in [3.63, 3.8) is 0 Å².